The topological polar surface area (TPSA) is 20.2 Å². The predicted molar refractivity (Wildman–Crippen MR) is 14.2 cm³/mol. The van der Waals surface area contributed by atoms with E-state index in [4.69, 9.17) is 11.5 Å². The van der Waals surface area contributed by atoms with Crippen LogP contribution >= 0.6 is 0 Å². The minimum absolute atomic E-state index is 0.264. The Bertz CT molecular complexity index is 33.0. The van der Waals surface area contributed by atoms with Gasteiger partial charge in [0.25, 0.3) is 0 Å². The monoisotopic (exact) mass is 55.0 g/mol. The van der Waals surface area contributed by atoms with Gasteiger partial charge in [-0.2, -0.15) is 0 Å². The van der Waals surface area contributed by atoms with E-state index in [0.717, 1.165) is 0 Å². The van der Waals surface area contributed by atoms with Crippen LogP contribution in [0.5, 0.6) is 0 Å². The average molecular weight is 55.1 g/mol. The van der Waals surface area contributed by atoms with Crippen LogP contribution in [0.25, 0.3) is 0 Å². The van der Waals surface area contributed by atoms with Crippen molar-refractivity contribution < 1.29 is 5.11 Å². The molecular weight excluding hydrogens is 52.0 g/mol. The molecule has 0 aromatic heterocycles. The summed E-state index contributed by atoms with van der Waals surface area (Å²) >= 11 is 0. The zero-order valence-electron chi connectivity index (χ0n) is 2.15. The van der Waals surface area contributed by atoms with Gasteiger partial charge in [-0.05, 0) is 0 Å². The van der Waals surface area contributed by atoms with Crippen molar-refractivity contribution in [3.05, 3.63) is 6.42 Å². The van der Waals surface area contributed by atoms with Gasteiger partial charge >= 0.3 is 24.1 Å². The van der Waals surface area contributed by atoms with Gasteiger partial charge in [-0.25, -0.2) is 0 Å². The third kappa shape index (κ3) is 1.74. The van der Waals surface area contributed by atoms with E-state index in [1.165, 1.54) is 0 Å². The Balaban J connectivity index is 2.43. The second kappa shape index (κ2) is 2.74. The number of hydrogen-bond acceptors (Lipinski definition) is 1. The third-order valence-electron chi connectivity index (χ3n) is 0.0791. The van der Waals surface area contributed by atoms with Crippen molar-refractivity contribution in [2.24, 2.45) is 0 Å². The fraction of sp³-hybridized carbons (Fsp3) is 0.333. The number of hydrogen-bond donors (Lipinski definition) is 1. The molecular formula is C3H3O+. The summed E-state index contributed by atoms with van der Waals surface area (Å²) < 4.78 is 0. The molecule has 0 aromatic rings. The molecule has 0 rings (SSSR count). The van der Waals surface area contributed by atoms with E-state index >= 15 is 0 Å². The third-order valence-corrected chi connectivity index (χ3v) is 0.0791. The van der Waals surface area contributed by atoms with Gasteiger partial charge in [-0.3, -0.25) is 0 Å². The first-order valence-corrected chi connectivity index (χ1v) is 0.920. The van der Waals surface area contributed by atoms with Crippen LogP contribution in [-0.4, -0.2) is 11.7 Å². The van der Waals surface area contributed by atoms with Crippen molar-refractivity contribution in [2.75, 3.05) is 6.61 Å². The molecule has 0 aliphatic carbocycles. The summed E-state index contributed by atoms with van der Waals surface area (Å²) in [5.74, 6) is 1.74. The van der Waals surface area contributed by atoms with Gasteiger partial charge < -0.3 is 0 Å². The summed E-state index contributed by atoms with van der Waals surface area (Å²) in [7, 11) is 0. The fourth-order valence-corrected chi connectivity index (χ4v) is 0. The molecule has 0 aromatic carbocycles. The van der Waals surface area contributed by atoms with Gasteiger partial charge in [-0.1, -0.05) is 0 Å². The van der Waals surface area contributed by atoms with E-state index in [1.807, 2.05) is 0 Å². The molecule has 0 spiro atoms. The van der Waals surface area contributed by atoms with Crippen molar-refractivity contribution in [3.8, 4) is 5.92 Å². The van der Waals surface area contributed by atoms with Crippen LogP contribution in [0.2, 0.25) is 0 Å². The van der Waals surface area contributed by atoms with Gasteiger partial charge in [0.15, 0.2) is 0 Å². The molecule has 0 radical (unpaired) electrons. The van der Waals surface area contributed by atoms with Crippen LogP contribution in [0.1, 0.15) is 0 Å². The molecule has 0 aliphatic heterocycles. The summed E-state index contributed by atoms with van der Waals surface area (Å²) in [4.78, 5) is 0. The molecule has 0 aliphatic rings. The molecule has 0 atom stereocenters. The summed E-state index contributed by atoms with van der Waals surface area (Å²) in [6.07, 6.45) is 5.95. The molecule has 0 heterocycles. The summed E-state index contributed by atoms with van der Waals surface area (Å²) in [6, 6.07) is 0. The Hall–Kier alpha value is -0.260. The Morgan fingerprint density at radius 2 is 2.25 bits per heavy atom. The normalized spacial score (nSPS) is 5.75. The molecule has 0 saturated heterocycles. The van der Waals surface area contributed by atoms with E-state index in [9.17, 15) is 0 Å². The van der Waals surface area contributed by atoms with Crippen LogP contribution < -0.4 is 0 Å². The standard InChI is InChI=1S/C3H3O/c1-2-3-4/h4H,3H2/q+1. The van der Waals surface area contributed by atoms with Crippen molar-refractivity contribution in [1.29, 1.82) is 0 Å². The molecule has 0 fully saturated rings. The molecule has 1 heteroatoms. The van der Waals surface area contributed by atoms with Gasteiger partial charge in [-0.15, -0.1) is 0 Å². The maximum absolute atomic E-state index is 7.58. The van der Waals surface area contributed by atoms with Crippen LogP contribution in [0.4, 0.5) is 0 Å². The first kappa shape index (κ1) is 3.74. The molecule has 20 valence electrons. The van der Waals surface area contributed by atoms with Crippen molar-refractivity contribution in [1.82, 2.24) is 0 Å². The van der Waals surface area contributed by atoms with Crippen molar-refractivity contribution in [2.45, 2.75) is 0 Å². The Morgan fingerprint density at radius 3 is 2.25 bits per heavy atom. The molecule has 0 amide bonds. The predicted octanol–water partition coefficient (Wildman–Crippen LogP) is -0.432. The second-order valence-corrected chi connectivity index (χ2v) is 0.335. The number of aliphatic hydroxyl groups is 1. The first-order chi connectivity index (χ1) is 1.91. The van der Waals surface area contributed by atoms with Gasteiger partial charge in [0, 0.05) is 0 Å². The van der Waals surface area contributed by atoms with Crippen LogP contribution in [0.3, 0.4) is 0 Å². The molecule has 1 nitrogen and oxygen atoms in total. The Morgan fingerprint density at radius 1 is 2.00 bits per heavy atom. The van der Waals surface area contributed by atoms with E-state index < -0.39 is 0 Å². The minimum atomic E-state index is -0.264. The van der Waals surface area contributed by atoms with Gasteiger partial charge in [0.2, 0.25) is 0 Å². The average Bonchev–Trinajstić information content (AvgIpc) is 1.37. The summed E-state index contributed by atoms with van der Waals surface area (Å²) in [5.41, 5.74) is 0. The summed E-state index contributed by atoms with van der Waals surface area (Å²) in [6.45, 7) is -0.264. The fourth-order valence-electron chi connectivity index (χ4n) is 0. The van der Waals surface area contributed by atoms with Crippen LogP contribution in [0, 0.1) is 12.3 Å². The second-order valence-electron chi connectivity index (χ2n) is 0.335. The molecule has 1 N–H and O–H groups in total. The van der Waals surface area contributed by atoms with E-state index in [1.54, 1.807) is 5.92 Å². The Labute approximate surface area is 25.3 Å². The van der Waals surface area contributed by atoms with E-state index in [2.05, 4.69) is 0 Å². The first-order valence-electron chi connectivity index (χ1n) is 0.920. The maximum atomic E-state index is 7.58. The van der Waals surface area contributed by atoms with Crippen LogP contribution in [-0.2, 0) is 0 Å². The van der Waals surface area contributed by atoms with Crippen LogP contribution in [0.15, 0.2) is 0 Å². The molecule has 0 unspecified atom stereocenters. The van der Waals surface area contributed by atoms with Gasteiger partial charge in [0.05, 0.1) is 0 Å². The quantitative estimate of drug-likeness (QED) is 0.294. The number of aliphatic hydroxyl groups excluding tert-OH is 1. The molecule has 0 saturated carbocycles. The zero-order chi connectivity index (χ0) is 3.41. The Kier molecular flexibility index (Phi) is 2.56. The summed E-state index contributed by atoms with van der Waals surface area (Å²) in [5, 5.41) is 7.58. The zero-order valence-corrected chi connectivity index (χ0v) is 2.15. The van der Waals surface area contributed by atoms with Gasteiger partial charge in [0.1, 0.15) is 0 Å². The molecule has 0 bridgehead atoms. The van der Waals surface area contributed by atoms with Crippen molar-refractivity contribution >= 4 is 0 Å². The van der Waals surface area contributed by atoms with E-state index in [0.29, 0.717) is 0 Å². The number of rotatable bonds is 0. The van der Waals surface area contributed by atoms with E-state index in [-0.39, 0.29) is 6.61 Å². The SMILES string of the molecule is [C+]#CCO. The van der Waals surface area contributed by atoms with Crippen molar-refractivity contribution in [3.63, 3.8) is 0 Å². The molecule has 4 heavy (non-hydrogen) atoms.